The second kappa shape index (κ2) is 3.28. The largest absolute Gasteiger partial charge is 0.393 e. The Balaban J connectivity index is 1.94. The van der Waals surface area contributed by atoms with E-state index in [9.17, 15) is 15.0 Å². The van der Waals surface area contributed by atoms with E-state index in [0.717, 1.165) is 0 Å². The Labute approximate surface area is 96.5 Å². The molecule has 7 heteroatoms. The van der Waals surface area contributed by atoms with E-state index in [1.807, 2.05) is 0 Å². The van der Waals surface area contributed by atoms with Crippen molar-refractivity contribution in [3.05, 3.63) is 22.7 Å². The fourth-order valence-corrected chi connectivity index (χ4v) is 2.45. The summed E-state index contributed by atoms with van der Waals surface area (Å²) in [7, 11) is 0. The van der Waals surface area contributed by atoms with Gasteiger partial charge < -0.3 is 20.7 Å². The molecule has 4 atom stereocenters. The molecule has 0 spiro atoms. The summed E-state index contributed by atoms with van der Waals surface area (Å²) in [5, 5.41) is 19.2. The van der Waals surface area contributed by atoms with Gasteiger partial charge in [0.05, 0.1) is 12.2 Å². The molecule has 4 N–H and O–H groups in total. The molecule has 1 aromatic rings. The van der Waals surface area contributed by atoms with E-state index in [0.29, 0.717) is 6.42 Å². The average molecular weight is 239 g/mol. The number of rotatable bonds is 2. The monoisotopic (exact) mass is 239 g/mol. The quantitative estimate of drug-likeness (QED) is 0.577. The van der Waals surface area contributed by atoms with Gasteiger partial charge in [0, 0.05) is 12.1 Å². The van der Waals surface area contributed by atoms with Gasteiger partial charge in [0.1, 0.15) is 11.9 Å². The normalized spacial score (nSPS) is 39.1. The number of aliphatic hydroxyl groups is 2. The molecule has 0 bridgehead atoms. The van der Waals surface area contributed by atoms with Gasteiger partial charge in [0.25, 0.3) is 0 Å². The van der Waals surface area contributed by atoms with Gasteiger partial charge in [-0.3, -0.25) is 4.57 Å². The van der Waals surface area contributed by atoms with E-state index < -0.39 is 23.6 Å². The van der Waals surface area contributed by atoms with Crippen LogP contribution in [0.2, 0.25) is 0 Å². The molecule has 3 rings (SSSR count). The van der Waals surface area contributed by atoms with Crippen molar-refractivity contribution in [1.82, 2.24) is 9.55 Å². The highest BCUT2D eigenvalue weighted by Gasteiger charge is 2.67. The first-order chi connectivity index (χ1) is 8.07. The van der Waals surface area contributed by atoms with E-state index >= 15 is 0 Å². The molecule has 1 saturated carbocycles. The lowest BCUT2D eigenvalue weighted by molar-refractivity contribution is -0.0926. The van der Waals surface area contributed by atoms with Crippen LogP contribution in [0, 0.1) is 5.92 Å². The number of aromatic nitrogens is 2. The Morgan fingerprint density at radius 2 is 2.47 bits per heavy atom. The van der Waals surface area contributed by atoms with E-state index in [2.05, 4.69) is 4.98 Å². The predicted octanol–water partition coefficient (Wildman–Crippen LogP) is -1.53. The number of hydrogen-bond donors (Lipinski definition) is 3. The maximum Gasteiger partial charge on any atom is 0.351 e. The molecular weight excluding hydrogens is 226 g/mol. The van der Waals surface area contributed by atoms with Gasteiger partial charge in [-0.2, -0.15) is 4.98 Å². The zero-order chi connectivity index (χ0) is 12.2. The van der Waals surface area contributed by atoms with Gasteiger partial charge in [0.15, 0.2) is 6.23 Å². The zero-order valence-corrected chi connectivity index (χ0v) is 8.98. The van der Waals surface area contributed by atoms with E-state index in [1.54, 1.807) is 0 Å². The number of aliphatic hydroxyl groups excluding tert-OH is 2. The Kier molecular flexibility index (Phi) is 2.07. The lowest BCUT2D eigenvalue weighted by Gasteiger charge is -2.21. The summed E-state index contributed by atoms with van der Waals surface area (Å²) >= 11 is 0. The Morgan fingerprint density at radius 1 is 1.71 bits per heavy atom. The summed E-state index contributed by atoms with van der Waals surface area (Å²) in [6, 6.07) is 1.47. The van der Waals surface area contributed by atoms with Crippen LogP contribution in [0.5, 0.6) is 0 Å². The molecule has 2 heterocycles. The number of hydrogen-bond acceptors (Lipinski definition) is 6. The van der Waals surface area contributed by atoms with Gasteiger partial charge in [-0.05, 0) is 12.5 Å². The number of nitrogens with two attached hydrogens (primary N) is 1. The molecule has 2 aliphatic rings. The first-order valence-corrected chi connectivity index (χ1v) is 5.39. The van der Waals surface area contributed by atoms with Crippen LogP contribution >= 0.6 is 0 Å². The minimum Gasteiger partial charge on any atom is -0.393 e. The van der Waals surface area contributed by atoms with Gasteiger partial charge in [-0.25, -0.2) is 4.79 Å². The third kappa shape index (κ3) is 1.40. The van der Waals surface area contributed by atoms with Crippen LogP contribution in [-0.2, 0) is 4.74 Å². The molecule has 1 aromatic heterocycles. The van der Waals surface area contributed by atoms with E-state index in [-0.39, 0.29) is 18.3 Å². The molecule has 0 aromatic carbocycles. The summed E-state index contributed by atoms with van der Waals surface area (Å²) < 4.78 is 6.77. The SMILES string of the molecule is Nc1ccn([C@@H]2O[C@@]3(CO)C[C@H]3[C@H]2O)c(=O)n1. The third-order valence-corrected chi connectivity index (χ3v) is 3.53. The zero-order valence-electron chi connectivity index (χ0n) is 8.98. The number of nitrogen functional groups attached to an aromatic ring is 1. The summed E-state index contributed by atoms with van der Waals surface area (Å²) in [4.78, 5) is 15.2. The van der Waals surface area contributed by atoms with Crippen LogP contribution < -0.4 is 11.4 Å². The number of anilines is 1. The van der Waals surface area contributed by atoms with Crippen molar-refractivity contribution in [2.75, 3.05) is 12.3 Å². The van der Waals surface area contributed by atoms with Crippen LogP contribution in [0.25, 0.3) is 0 Å². The molecule has 1 saturated heterocycles. The molecular formula is C10H13N3O4. The van der Waals surface area contributed by atoms with Crippen LogP contribution in [-0.4, -0.2) is 38.1 Å². The fourth-order valence-electron chi connectivity index (χ4n) is 2.45. The Morgan fingerprint density at radius 3 is 3.06 bits per heavy atom. The fraction of sp³-hybridized carbons (Fsp3) is 0.600. The maximum absolute atomic E-state index is 11.6. The summed E-state index contributed by atoms with van der Waals surface area (Å²) in [6.07, 6.45) is 0.471. The lowest BCUT2D eigenvalue weighted by atomic mass is 10.2. The van der Waals surface area contributed by atoms with Crippen molar-refractivity contribution in [1.29, 1.82) is 0 Å². The first-order valence-electron chi connectivity index (χ1n) is 5.39. The van der Waals surface area contributed by atoms with Crippen molar-refractivity contribution >= 4 is 5.82 Å². The van der Waals surface area contributed by atoms with Gasteiger partial charge in [-0.15, -0.1) is 0 Å². The van der Waals surface area contributed by atoms with Crippen LogP contribution in [0.4, 0.5) is 5.82 Å². The average Bonchev–Trinajstić information content (AvgIpc) is 2.95. The van der Waals surface area contributed by atoms with Gasteiger partial charge in [0.2, 0.25) is 0 Å². The second-order valence-electron chi connectivity index (χ2n) is 4.57. The number of fused-ring (bicyclic) bond motifs is 1. The molecule has 7 nitrogen and oxygen atoms in total. The molecule has 0 amide bonds. The summed E-state index contributed by atoms with van der Waals surface area (Å²) in [5.74, 6) is 0.0164. The molecule has 0 radical (unpaired) electrons. The maximum atomic E-state index is 11.6. The molecule has 1 aliphatic carbocycles. The Hall–Kier alpha value is -1.44. The molecule has 1 aliphatic heterocycles. The van der Waals surface area contributed by atoms with E-state index in [1.165, 1.54) is 16.8 Å². The minimum absolute atomic E-state index is 0.109. The Bertz CT molecular complexity index is 517. The first kappa shape index (κ1) is 10.7. The molecule has 0 unspecified atom stereocenters. The van der Waals surface area contributed by atoms with Crippen molar-refractivity contribution in [2.24, 2.45) is 5.92 Å². The highest BCUT2D eigenvalue weighted by atomic mass is 16.6. The van der Waals surface area contributed by atoms with Crippen molar-refractivity contribution in [3.63, 3.8) is 0 Å². The van der Waals surface area contributed by atoms with Crippen LogP contribution in [0.15, 0.2) is 17.1 Å². The van der Waals surface area contributed by atoms with Crippen molar-refractivity contribution in [2.45, 2.75) is 24.4 Å². The molecule has 17 heavy (non-hydrogen) atoms. The summed E-state index contributed by atoms with van der Waals surface area (Å²) in [5.41, 5.74) is 4.14. The highest BCUT2D eigenvalue weighted by Crippen LogP contribution is 2.58. The van der Waals surface area contributed by atoms with Crippen LogP contribution in [0.3, 0.4) is 0 Å². The third-order valence-electron chi connectivity index (χ3n) is 3.53. The predicted molar refractivity (Wildman–Crippen MR) is 57.0 cm³/mol. The lowest BCUT2D eigenvalue weighted by Crippen LogP contribution is -2.34. The van der Waals surface area contributed by atoms with Gasteiger partial charge in [-0.1, -0.05) is 0 Å². The standard InChI is InChI=1S/C10H13N3O4/c11-6-1-2-13(9(16)12-6)8-7(15)5-3-10(5,4-14)17-8/h1-2,5,7-8,14-15H,3-4H2,(H2,11,12,16)/t5-,7+,8+,10+/m0/s1. The number of ether oxygens (including phenoxy) is 1. The highest BCUT2D eigenvalue weighted by molar-refractivity contribution is 5.24. The van der Waals surface area contributed by atoms with Gasteiger partial charge >= 0.3 is 5.69 Å². The molecule has 92 valence electrons. The van der Waals surface area contributed by atoms with Crippen molar-refractivity contribution < 1.29 is 14.9 Å². The summed E-state index contributed by atoms with van der Waals surface area (Å²) in [6.45, 7) is -0.150. The molecule has 2 fully saturated rings. The minimum atomic E-state index is -0.801. The smallest absolute Gasteiger partial charge is 0.351 e. The number of nitrogens with zero attached hydrogens (tertiary/aromatic N) is 2. The van der Waals surface area contributed by atoms with E-state index in [4.69, 9.17) is 10.5 Å². The van der Waals surface area contributed by atoms with Crippen molar-refractivity contribution in [3.8, 4) is 0 Å². The van der Waals surface area contributed by atoms with Crippen LogP contribution in [0.1, 0.15) is 12.6 Å². The topological polar surface area (TPSA) is 111 Å². The second-order valence-corrected chi connectivity index (χ2v) is 4.57.